The van der Waals surface area contributed by atoms with Crippen molar-refractivity contribution in [2.75, 3.05) is 43.4 Å². The highest BCUT2D eigenvalue weighted by Crippen LogP contribution is 2.18. The summed E-state index contributed by atoms with van der Waals surface area (Å²) in [6.07, 6.45) is -0.194. The fourth-order valence-electron chi connectivity index (χ4n) is 2.96. The second-order valence-corrected chi connectivity index (χ2v) is 7.69. The number of piperazine rings is 1. The number of anilines is 2. The predicted molar refractivity (Wildman–Crippen MR) is 115 cm³/mol. The van der Waals surface area contributed by atoms with Gasteiger partial charge in [-0.3, -0.25) is 10.1 Å². The van der Waals surface area contributed by atoms with Gasteiger partial charge in [0.05, 0.1) is 18.7 Å². The van der Waals surface area contributed by atoms with Crippen LogP contribution in [0.25, 0.3) is 0 Å². The third kappa shape index (κ3) is 5.93. The molecule has 10 heteroatoms. The molecule has 2 aromatic rings. The first-order valence-corrected chi connectivity index (χ1v) is 10.6. The Morgan fingerprint density at radius 2 is 1.73 bits per heavy atom. The van der Waals surface area contributed by atoms with Crippen molar-refractivity contribution in [3.05, 3.63) is 40.9 Å². The number of ether oxygens (including phenoxy) is 1. The molecule has 0 bridgehead atoms. The van der Waals surface area contributed by atoms with Crippen LogP contribution in [-0.2, 0) is 16.0 Å². The first-order chi connectivity index (χ1) is 14.4. The lowest BCUT2D eigenvalue weighted by atomic mass is 10.2. The van der Waals surface area contributed by atoms with E-state index in [4.69, 9.17) is 4.74 Å². The molecule has 30 heavy (non-hydrogen) atoms. The Kier molecular flexibility index (Phi) is 7.23. The first-order valence-electron chi connectivity index (χ1n) is 9.73. The Labute approximate surface area is 179 Å². The topological polar surface area (TPSA) is 104 Å². The summed E-state index contributed by atoms with van der Waals surface area (Å²) in [4.78, 5) is 44.0. The van der Waals surface area contributed by atoms with Gasteiger partial charge in [0.25, 0.3) is 0 Å². The maximum Gasteiger partial charge on any atom is 0.409 e. The highest BCUT2D eigenvalue weighted by molar-refractivity contribution is 7.14. The molecule has 0 unspecified atom stereocenters. The van der Waals surface area contributed by atoms with Crippen LogP contribution >= 0.6 is 11.3 Å². The standard InChI is InChI=1S/C20H25N5O4S/c1-3-29-20(28)25-10-8-24(9-11-25)17(26)12-16-13-30-19(22-16)23-18(27)21-15-6-4-14(2)5-7-15/h4-7,13H,3,8-12H2,1-2H3,(H2,21,22,23,27). The van der Waals surface area contributed by atoms with Gasteiger partial charge in [0.1, 0.15) is 0 Å². The summed E-state index contributed by atoms with van der Waals surface area (Å²) in [5.41, 5.74) is 2.40. The van der Waals surface area contributed by atoms with Gasteiger partial charge in [0.15, 0.2) is 5.13 Å². The van der Waals surface area contributed by atoms with E-state index in [1.54, 1.807) is 22.1 Å². The number of rotatable bonds is 5. The normalized spacial score (nSPS) is 13.7. The molecule has 0 spiro atoms. The summed E-state index contributed by atoms with van der Waals surface area (Å²) in [6, 6.07) is 7.08. The van der Waals surface area contributed by atoms with E-state index in [1.165, 1.54) is 11.3 Å². The Bertz CT molecular complexity index is 891. The van der Waals surface area contributed by atoms with Gasteiger partial charge in [-0.1, -0.05) is 17.7 Å². The zero-order valence-electron chi connectivity index (χ0n) is 17.0. The van der Waals surface area contributed by atoms with Gasteiger partial charge in [0, 0.05) is 37.2 Å². The number of urea groups is 1. The van der Waals surface area contributed by atoms with E-state index < -0.39 is 0 Å². The molecule has 2 N–H and O–H groups in total. The third-order valence-corrected chi connectivity index (χ3v) is 5.38. The number of thiazole rings is 1. The Balaban J connectivity index is 1.46. The minimum atomic E-state index is -0.388. The van der Waals surface area contributed by atoms with Gasteiger partial charge in [-0.25, -0.2) is 14.6 Å². The van der Waals surface area contributed by atoms with Crippen molar-refractivity contribution in [1.29, 1.82) is 0 Å². The average Bonchev–Trinajstić information content (AvgIpc) is 3.16. The van der Waals surface area contributed by atoms with Crippen molar-refractivity contribution >= 4 is 40.2 Å². The molecule has 1 aromatic carbocycles. The highest BCUT2D eigenvalue weighted by atomic mass is 32.1. The molecule has 1 fully saturated rings. The summed E-state index contributed by atoms with van der Waals surface area (Å²) < 4.78 is 4.99. The molecular formula is C20H25N5O4S. The van der Waals surface area contributed by atoms with Crippen LogP contribution in [0, 0.1) is 6.92 Å². The molecule has 0 saturated carbocycles. The highest BCUT2D eigenvalue weighted by Gasteiger charge is 2.25. The molecule has 0 atom stereocenters. The number of amides is 4. The maximum atomic E-state index is 12.5. The van der Waals surface area contributed by atoms with Crippen LogP contribution in [0.2, 0.25) is 0 Å². The third-order valence-electron chi connectivity index (χ3n) is 4.57. The van der Waals surface area contributed by atoms with Crippen molar-refractivity contribution in [1.82, 2.24) is 14.8 Å². The van der Waals surface area contributed by atoms with Crippen molar-refractivity contribution in [3.8, 4) is 0 Å². The first kappa shape index (κ1) is 21.6. The quantitative estimate of drug-likeness (QED) is 0.758. The fraction of sp³-hybridized carbons (Fsp3) is 0.400. The maximum absolute atomic E-state index is 12.5. The molecule has 1 aliphatic rings. The summed E-state index contributed by atoms with van der Waals surface area (Å²) in [6.45, 7) is 5.91. The molecule has 9 nitrogen and oxygen atoms in total. The van der Waals surface area contributed by atoms with Crippen LogP contribution in [0.15, 0.2) is 29.6 Å². The molecule has 160 valence electrons. The zero-order valence-corrected chi connectivity index (χ0v) is 17.8. The van der Waals surface area contributed by atoms with Crippen molar-refractivity contribution in [2.24, 2.45) is 0 Å². The number of aromatic nitrogens is 1. The molecule has 1 aromatic heterocycles. The lowest BCUT2D eigenvalue weighted by Crippen LogP contribution is -2.51. The lowest BCUT2D eigenvalue weighted by Gasteiger charge is -2.34. The fourth-order valence-corrected chi connectivity index (χ4v) is 3.67. The van der Waals surface area contributed by atoms with E-state index in [0.717, 1.165) is 5.56 Å². The van der Waals surface area contributed by atoms with Gasteiger partial charge in [0.2, 0.25) is 5.91 Å². The van der Waals surface area contributed by atoms with Gasteiger partial charge < -0.3 is 19.9 Å². The minimum Gasteiger partial charge on any atom is -0.450 e. The summed E-state index contributed by atoms with van der Waals surface area (Å²) >= 11 is 1.27. The second kappa shape index (κ2) is 10.1. The van der Waals surface area contributed by atoms with Crippen molar-refractivity contribution in [3.63, 3.8) is 0 Å². The van der Waals surface area contributed by atoms with Gasteiger partial charge in [-0.15, -0.1) is 11.3 Å². The van der Waals surface area contributed by atoms with Crippen LogP contribution in [-0.4, -0.2) is 65.6 Å². The van der Waals surface area contributed by atoms with E-state index in [9.17, 15) is 14.4 Å². The molecular weight excluding hydrogens is 406 g/mol. The van der Waals surface area contributed by atoms with Gasteiger partial charge in [-0.2, -0.15) is 0 Å². The van der Waals surface area contributed by atoms with Crippen molar-refractivity contribution < 1.29 is 19.1 Å². The number of carbonyl (C=O) groups is 3. The van der Waals surface area contributed by atoms with E-state index in [2.05, 4.69) is 15.6 Å². The van der Waals surface area contributed by atoms with E-state index in [-0.39, 0.29) is 24.5 Å². The van der Waals surface area contributed by atoms with Crippen LogP contribution in [0.3, 0.4) is 0 Å². The summed E-state index contributed by atoms with van der Waals surface area (Å²) in [5, 5.41) is 7.61. The number of hydrogen-bond acceptors (Lipinski definition) is 6. The van der Waals surface area contributed by atoms with E-state index in [0.29, 0.717) is 49.3 Å². The van der Waals surface area contributed by atoms with Gasteiger partial charge in [-0.05, 0) is 26.0 Å². The molecule has 3 rings (SSSR count). The largest absolute Gasteiger partial charge is 0.450 e. The average molecular weight is 432 g/mol. The zero-order chi connectivity index (χ0) is 21.5. The molecule has 1 aliphatic heterocycles. The van der Waals surface area contributed by atoms with Crippen LogP contribution in [0.1, 0.15) is 18.2 Å². The molecule has 2 heterocycles. The SMILES string of the molecule is CCOC(=O)N1CCN(C(=O)Cc2csc(NC(=O)Nc3ccc(C)cc3)n2)CC1. The van der Waals surface area contributed by atoms with Crippen LogP contribution in [0.4, 0.5) is 20.4 Å². The monoisotopic (exact) mass is 431 g/mol. The number of hydrogen-bond donors (Lipinski definition) is 2. The Morgan fingerprint density at radius 3 is 2.40 bits per heavy atom. The number of nitrogens with zero attached hydrogens (tertiary/aromatic N) is 3. The molecule has 1 saturated heterocycles. The minimum absolute atomic E-state index is 0.0561. The Hall–Kier alpha value is -3.14. The van der Waals surface area contributed by atoms with E-state index >= 15 is 0 Å². The summed E-state index contributed by atoms with van der Waals surface area (Å²) in [7, 11) is 0. The number of nitrogens with one attached hydrogen (secondary N) is 2. The number of carbonyl (C=O) groups excluding carboxylic acids is 3. The summed E-state index contributed by atoms with van der Waals surface area (Å²) in [5.74, 6) is -0.0561. The van der Waals surface area contributed by atoms with E-state index in [1.807, 2.05) is 31.2 Å². The Morgan fingerprint density at radius 1 is 1.07 bits per heavy atom. The molecule has 0 radical (unpaired) electrons. The van der Waals surface area contributed by atoms with Gasteiger partial charge >= 0.3 is 12.1 Å². The van der Waals surface area contributed by atoms with Crippen molar-refractivity contribution in [2.45, 2.75) is 20.3 Å². The number of benzene rings is 1. The number of aryl methyl sites for hydroxylation is 1. The van der Waals surface area contributed by atoms with Crippen LogP contribution in [0.5, 0.6) is 0 Å². The lowest BCUT2D eigenvalue weighted by molar-refractivity contribution is -0.132. The van der Waals surface area contributed by atoms with Crippen LogP contribution < -0.4 is 10.6 Å². The molecule has 0 aliphatic carbocycles. The predicted octanol–water partition coefficient (Wildman–Crippen LogP) is 2.94. The molecule has 4 amide bonds. The smallest absolute Gasteiger partial charge is 0.409 e. The second-order valence-electron chi connectivity index (χ2n) is 6.83.